The average molecular weight is 357 g/mol. The molecule has 0 fully saturated rings. The summed E-state index contributed by atoms with van der Waals surface area (Å²) in [5, 5.41) is 12.1. The summed E-state index contributed by atoms with van der Waals surface area (Å²) < 4.78 is 10.5. The summed E-state index contributed by atoms with van der Waals surface area (Å²) in [4.78, 5) is 24.0. The molecule has 26 heavy (non-hydrogen) atoms. The van der Waals surface area contributed by atoms with Crippen molar-refractivity contribution in [2.45, 2.75) is 25.3 Å². The number of hydrogen-bond acceptors (Lipinski definition) is 4. The molecule has 0 aliphatic heterocycles. The molecule has 0 saturated carbocycles. The van der Waals surface area contributed by atoms with E-state index in [1.165, 1.54) is 14.2 Å². The van der Waals surface area contributed by atoms with Crippen molar-refractivity contribution >= 4 is 11.9 Å². The van der Waals surface area contributed by atoms with E-state index in [9.17, 15) is 14.7 Å². The van der Waals surface area contributed by atoms with Crippen LogP contribution >= 0.6 is 0 Å². The highest BCUT2D eigenvalue weighted by Gasteiger charge is 2.24. The van der Waals surface area contributed by atoms with Crippen molar-refractivity contribution in [2.75, 3.05) is 14.2 Å². The van der Waals surface area contributed by atoms with Gasteiger partial charge in [-0.2, -0.15) is 0 Å². The Kier molecular flexibility index (Phi) is 6.60. The molecule has 138 valence electrons. The van der Waals surface area contributed by atoms with Crippen molar-refractivity contribution in [1.29, 1.82) is 0 Å². The first-order chi connectivity index (χ1) is 12.5. The normalized spacial score (nSPS) is 12.7. The zero-order valence-corrected chi connectivity index (χ0v) is 15.1. The zero-order chi connectivity index (χ0) is 19.1. The van der Waals surface area contributed by atoms with Gasteiger partial charge in [-0.15, -0.1) is 0 Å². The molecule has 2 unspecified atom stereocenters. The summed E-state index contributed by atoms with van der Waals surface area (Å²) in [6.07, 6.45) is -0.254. The van der Waals surface area contributed by atoms with Gasteiger partial charge in [-0.3, -0.25) is 9.59 Å². The number of ether oxygens (including phenoxy) is 2. The highest BCUT2D eigenvalue weighted by atomic mass is 16.5. The Balaban J connectivity index is 2.28. The van der Waals surface area contributed by atoms with Crippen molar-refractivity contribution in [2.24, 2.45) is 0 Å². The number of methoxy groups -OCH3 is 2. The van der Waals surface area contributed by atoms with Crippen LogP contribution in [0.15, 0.2) is 48.5 Å². The molecule has 2 aromatic carbocycles. The quantitative estimate of drug-likeness (QED) is 0.758. The van der Waals surface area contributed by atoms with E-state index >= 15 is 0 Å². The number of carbonyl (C=O) groups is 2. The third-order valence-corrected chi connectivity index (χ3v) is 4.20. The first-order valence-corrected chi connectivity index (χ1v) is 8.25. The number of carbonyl (C=O) groups excluding carboxylic acids is 1. The van der Waals surface area contributed by atoms with Crippen LogP contribution in [0.5, 0.6) is 11.5 Å². The lowest BCUT2D eigenvalue weighted by Gasteiger charge is -2.22. The Bertz CT molecular complexity index is 760. The number of carboxylic acids is 1. The summed E-state index contributed by atoms with van der Waals surface area (Å²) >= 11 is 0. The van der Waals surface area contributed by atoms with E-state index in [-0.39, 0.29) is 12.3 Å². The second kappa shape index (κ2) is 8.89. The number of carboxylic acid groups (broad SMARTS) is 1. The minimum Gasteiger partial charge on any atom is -0.497 e. The van der Waals surface area contributed by atoms with Crippen LogP contribution in [-0.2, 0) is 9.59 Å². The Morgan fingerprint density at radius 1 is 1.08 bits per heavy atom. The molecule has 0 bridgehead atoms. The fourth-order valence-corrected chi connectivity index (χ4v) is 2.71. The van der Waals surface area contributed by atoms with Crippen molar-refractivity contribution in [3.05, 3.63) is 59.7 Å². The van der Waals surface area contributed by atoms with Crippen LogP contribution < -0.4 is 14.8 Å². The second-order valence-corrected chi connectivity index (χ2v) is 5.90. The lowest BCUT2D eigenvalue weighted by Crippen LogP contribution is -2.33. The maximum Gasteiger partial charge on any atom is 0.305 e. The minimum atomic E-state index is -1.01. The Morgan fingerprint density at radius 3 is 2.35 bits per heavy atom. The van der Waals surface area contributed by atoms with E-state index in [1.54, 1.807) is 25.1 Å². The average Bonchev–Trinajstić information content (AvgIpc) is 2.66. The molecule has 0 aromatic heterocycles. The fourth-order valence-electron chi connectivity index (χ4n) is 2.71. The molecule has 0 radical (unpaired) electrons. The standard InChI is InChI=1S/C20H23NO5/c1-13(14-7-5-4-6-8-14)20(24)21-17(12-19(22)23)16-10-9-15(25-2)11-18(16)26-3/h4-11,13,17H,12H2,1-3H3,(H,21,24)(H,22,23). The predicted octanol–water partition coefficient (Wildman–Crippen LogP) is 3.14. The van der Waals surface area contributed by atoms with E-state index in [1.807, 2.05) is 30.3 Å². The van der Waals surface area contributed by atoms with Gasteiger partial charge in [-0.25, -0.2) is 0 Å². The third kappa shape index (κ3) is 4.75. The van der Waals surface area contributed by atoms with Crippen LogP contribution in [0.1, 0.15) is 36.4 Å². The molecule has 0 aliphatic carbocycles. The maximum absolute atomic E-state index is 12.7. The van der Waals surface area contributed by atoms with E-state index in [4.69, 9.17) is 9.47 Å². The Morgan fingerprint density at radius 2 is 1.77 bits per heavy atom. The van der Waals surface area contributed by atoms with Crippen LogP contribution in [0.2, 0.25) is 0 Å². The summed E-state index contributed by atoms with van der Waals surface area (Å²) in [7, 11) is 3.02. The van der Waals surface area contributed by atoms with Crippen LogP contribution in [-0.4, -0.2) is 31.2 Å². The number of benzene rings is 2. The van der Waals surface area contributed by atoms with Gasteiger partial charge in [0.25, 0.3) is 0 Å². The van der Waals surface area contributed by atoms with Crippen molar-refractivity contribution in [1.82, 2.24) is 5.32 Å². The molecular weight excluding hydrogens is 334 g/mol. The van der Waals surface area contributed by atoms with Gasteiger partial charge in [0.15, 0.2) is 0 Å². The highest BCUT2D eigenvalue weighted by Crippen LogP contribution is 2.31. The Hall–Kier alpha value is -3.02. The monoisotopic (exact) mass is 357 g/mol. The molecule has 1 amide bonds. The van der Waals surface area contributed by atoms with Crippen molar-refractivity contribution in [3.8, 4) is 11.5 Å². The minimum absolute atomic E-state index is 0.250. The molecule has 0 saturated heterocycles. The molecule has 0 spiro atoms. The molecule has 2 rings (SSSR count). The lowest BCUT2D eigenvalue weighted by molar-refractivity contribution is -0.137. The van der Waals surface area contributed by atoms with Gasteiger partial charge < -0.3 is 19.9 Å². The summed E-state index contributed by atoms with van der Waals surface area (Å²) in [6, 6.07) is 13.7. The molecule has 6 nitrogen and oxygen atoms in total. The summed E-state index contributed by atoms with van der Waals surface area (Å²) in [5.41, 5.74) is 1.45. The zero-order valence-electron chi connectivity index (χ0n) is 15.1. The summed E-state index contributed by atoms with van der Waals surface area (Å²) in [5.74, 6) is -0.621. The number of amides is 1. The molecule has 0 heterocycles. The molecule has 6 heteroatoms. The molecule has 0 aliphatic rings. The largest absolute Gasteiger partial charge is 0.497 e. The van der Waals surface area contributed by atoms with Gasteiger partial charge in [0.05, 0.1) is 32.6 Å². The topological polar surface area (TPSA) is 84.9 Å². The van der Waals surface area contributed by atoms with E-state index in [2.05, 4.69) is 5.32 Å². The smallest absolute Gasteiger partial charge is 0.305 e. The van der Waals surface area contributed by atoms with Gasteiger partial charge in [0.2, 0.25) is 5.91 Å². The lowest BCUT2D eigenvalue weighted by atomic mass is 9.97. The number of aliphatic carboxylic acids is 1. The molecule has 2 aromatic rings. The third-order valence-electron chi connectivity index (χ3n) is 4.20. The maximum atomic E-state index is 12.7. The van der Waals surface area contributed by atoms with Gasteiger partial charge in [0.1, 0.15) is 11.5 Å². The van der Waals surface area contributed by atoms with Gasteiger partial charge in [0, 0.05) is 11.6 Å². The van der Waals surface area contributed by atoms with Crippen molar-refractivity contribution < 1.29 is 24.2 Å². The fraction of sp³-hybridized carbons (Fsp3) is 0.300. The van der Waals surface area contributed by atoms with Crippen LogP contribution in [0, 0.1) is 0 Å². The molecule has 2 atom stereocenters. The van der Waals surface area contributed by atoms with Gasteiger partial charge >= 0.3 is 5.97 Å². The Labute approximate surface area is 152 Å². The number of rotatable bonds is 8. The number of hydrogen-bond donors (Lipinski definition) is 2. The molecule has 2 N–H and O–H groups in total. The van der Waals surface area contributed by atoms with Crippen LogP contribution in [0.25, 0.3) is 0 Å². The highest BCUT2D eigenvalue weighted by molar-refractivity contribution is 5.84. The predicted molar refractivity (Wildman–Crippen MR) is 97.5 cm³/mol. The first kappa shape index (κ1) is 19.3. The SMILES string of the molecule is COc1ccc(C(CC(=O)O)NC(=O)C(C)c2ccccc2)c(OC)c1. The molecular formula is C20H23NO5. The first-order valence-electron chi connectivity index (χ1n) is 8.25. The van der Waals surface area contributed by atoms with Crippen LogP contribution in [0.4, 0.5) is 0 Å². The van der Waals surface area contributed by atoms with E-state index in [0.717, 1.165) is 5.56 Å². The van der Waals surface area contributed by atoms with Gasteiger partial charge in [-0.1, -0.05) is 30.3 Å². The van der Waals surface area contributed by atoms with E-state index < -0.39 is 17.9 Å². The van der Waals surface area contributed by atoms with Gasteiger partial charge in [-0.05, 0) is 24.6 Å². The van der Waals surface area contributed by atoms with E-state index in [0.29, 0.717) is 17.1 Å². The van der Waals surface area contributed by atoms with Crippen LogP contribution in [0.3, 0.4) is 0 Å². The number of nitrogens with one attached hydrogen (secondary N) is 1. The summed E-state index contributed by atoms with van der Waals surface area (Å²) in [6.45, 7) is 1.79. The van der Waals surface area contributed by atoms with Crippen molar-refractivity contribution in [3.63, 3.8) is 0 Å². The second-order valence-electron chi connectivity index (χ2n) is 5.90.